The highest BCUT2D eigenvalue weighted by molar-refractivity contribution is 9.11. The minimum Gasteiger partial charge on any atom is -0.292 e. The fourth-order valence-corrected chi connectivity index (χ4v) is 7.24. The molecule has 148 valence electrons. The van der Waals surface area contributed by atoms with Crippen LogP contribution < -0.4 is 5.56 Å². The number of aromatic nitrogens is 2. The third kappa shape index (κ3) is 3.76. The van der Waals surface area contributed by atoms with E-state index < -0.39 is 0 Å². The fraction of sp³-hybridized carbons (Fsp3) is 0.450. The van der Waals surface area contributed by atoms with Gasteiger partial charge in [-0.25, -0.2) is 4.98 Å². The summed E-state index contributed by atoms with van der Waals surface area (Å²) in [6.45, 7) is 4.13. The SMILES string of the molecule is CC[C@@H](C)n1c(SCC(=O)c2ccc(Br)s2)nc2sc3c(c2c1=O)CCCC3. The van der Waals surface area contributed by atoms with Crippen molar-refractivity contribution in [2.24, 2.45) is 0 Å². The summed E-state index contributed by atoms with van der Waals surface area (Å²) < 4.78 is 2.76. The van der Waals surface area contributed by atoms with Crippen LogP contribution in [0.25, 0.3) is 10.2 Å². The summed E-state index contributed by atoms with van der Waals surface area (Å²) in [6, 6.07) is 3.78. The highest BCUT2D eigenvalue weighted by Gasteiger charge is 2.24. The first-order valence-corrected chi connectivity index (χ1v) is 12.9. The minimum absolute atomic E-state index is 0.0528. The van der Waals surface area contributed by atoms with Crippen LogP contribution >= 0.6 is 50.4 Å². The number of nitrogens with zero attached hydrogens (tertiary/aromatic N) is 2. The molecule has 0 aromatic carbocycles. The van der Waals surface area contributed by atoms with E-state index in [2.05, 4.69) is 29.8 Å². The van der Waals surface area contributed by atoms with E-state index in [0.717, 1.165) is 44.6 Å². The largest absolute Gasteiger partial charge is 0.292 e. The van der Waals surface area contributed by atoms with E-state index in [0.29, 0.717) is 5.16 Å². The smallest absolute Gasteiger partial charge is 0.263 e. The molecule has 0 spiro atoms. The van der Waals surface area contributed by atoms with Crippen LogP contribution in [-0.2, 0) is 12.8 Å². The average molecular weight is 498 g/mol. The maximum atomic E-state index is 13.4. The summed E-state index contributed by atoms with van der Waals surface area (Å²) in [5.41, 5.74) is 1.28. The highest BCUT2D eigenvalue weighted by Crippen LogP contribution is 2.35. The number of halogens is 1. The maximum absolute atomic E-state index is 13.4. The Balaban J connectivity index is 1.74. The second kappa shape index (κ2) is 8.42. The summed E-state index contributed by atoms with van der Waals surface area (Å²) in [5.74, 6) is 0.350. The Hall–Kier alpha value is -0.960. The van der Waals surface area contributed by atoms with Gasteiger partial charge in [-0.05, 0) is 72.7 Å². The molecular formula is C20H21BrN2O2S3. The molecule has 0 unspecified atom stereocenters. The standard InChI is InChI=1S/C20H21BrN2O2S3/c1-3-11(2)23-19(25)17-12-6-4-5-7-14(12)28-18(17)22-20(23)26-10-13(24)15-8-9-16(21)27-15/h8-9,11H,3-7,10H2,1-2H3/t11-/m1/s1. The molecule has 1 aliphatic carbocycles. The molecule has 0 saturated carbocycles. The first-order chi connectivity index (χ1) is 13.5. The number of hydrogen-bond donors (Lipinski definition) is 0. The molecule has 3 heterocycles. The molecule has 3 aromatic heterocycles. The first-order valence-electron chi connectivity index (χ1n) is 9.47. The van der Waals surface area contributed by atoms with Gasteiger partial charge in [-0.1, -0.05) is 18.7 Å². The number of rotatable bonds is 6. The van der Waals surface area contributed by atoms with E-state index in [1.807, 2.05) is 16.7 Å². The van der Waals surface area contributed by atoms with E-state index >= 15 is 0 Å². The number of carbonyl (C=O) groups is 1. The molecule has 0 aliphatic heterocycles. The number of Topliss-reactive ketones (excluding diaryl/α,β-unsaturated/α-hetero) is 1. The Morgan fingerprint density at radius 1 is 1.32 bits per heavy atom. The van der Waals surface area contributed by atoms with Gasteiger partial charge in [-0.2, -0.15) is 0 Å². The van der Waals surface area contributed by atoms with Crippen LogP contribution in [0.3, 0.4) is 0 Å². The molecule has 0 N–H and O–H groups in total. The van der Waals surface area contributed by atoms with Crippen molar-refractivity contribution >= 4 is 66.4 Å². The van der Waals surface area contributed by atoms with Gasteiger partial charge in [-0.15, -0.1) is 22.7 Å². The van der Waals surface area contributed by atoms with Gasteiger partial charge in [0.2, 0.25) is 0 Å². The lowest BCUT2D eigenvalue weighted by atomic mass is 9.97. The maximum Gasteiger partial charge on any atom is 0.263 e. The number of fused-ring (bicyclic) bond motifs is 3. The Kier molecular flexibility index (Phi) is 6.11. The van der Waals surface area contributed by atoms with Crippen LogP contribution in [0.1, 0.15) is 59.3 Å². The number of thioether (sulfide) groups is 1. The Labute approximate surface area is 184 Å². The number of aryl methyl sites for hydroxylation is 2. The van der Waals surface area contributed by atoms with Crippen molar-refractivity contribution in [2.45, 2.75) is 57.1 Å². The molecule has 0 amide bonds. The predicted molar refractivity (Wildman–Crippen MR) is 123 cm³/mol. The van der Waals surface area contributed by atoms with Gasteiger partial charge in [0.25, 0.3) is 5.56 Å². The number of carbonyl (C=O) groups excluding carboxylic acids is 1. The summed E-state index contributed by atoms with van der Waals surface area (Å²) in [7, 11) is 0. The Morgan fingerprint density at radius 3 is 2.82 bits per heavy atom. The molecule has 0 bridgehead atoms. The predicted octanol–water partition coefficient (Wildman–Crippen LogP) is 6.11. The molecule has 28 heavy (non-hydrogen) atoms. The molecule has 3 aromatic rings. The van der Waals surface area contributed by atoms with Crippen molar-refractivity contribution in [3.63, 3.8) is 0 Å². The van der Waals surface area contributed by atoms with Gasteiger partial charge in [0.05, 0.1) is 19.8 Å². The minimum atomic E-state index is 0.0528. The average Bonchev–Trinajstić information content (AvgIpc) is 3.29. The molecular weight excluding hydrogens is 476 g/mol. The lowest BCUT2D eigenvalue weighted by Gasteiger charge is -2.18. The zero-order valence-electron chi connectivity index (χ0n) is 15.8. The zero-order valence-corrected chi connectivity index (χ0v) is 19.8. The van der Waals surface area contributed by atoms with Crippen LogP contribution in [0.2, 0.25) is 0 Å². The van der Waals surface area contributed by atoms with E-state index in [1.165, 1.54) is 40.0 Å². The van der Waals surface area contributed by atoms with Crippen molar-refractivity contribution in [3.8, 4) is 0 Å². The van der Waals surface area contributed by atoms with Crippen LogP contribution in [0.4, 0.5) is 0 Å². The van der Waals surface area contributed by atoms with Gasteiger partial charge in [0, 0.05) is 10.9 Å². The lowest BCUT2D eigenvalue weighted by molar-refractivity contribution is 0.102. The van der Waals surface area contributed by atoms with Crippen molar-refractivity contribution in [2.75, 3.05) is 5.75 Å². The summed E-state index contributed by atoms with van der Waals surface area (Å²) >= 11 is 7.88. The van der Waals surface area contributed by atoms with E-state index in [1.54, 1.807) is 11.3 Å². The Morgan fingerprint density at radius 2 is 2.11 bits per heavy atom. The Bertz CT molecular complexity index is 1100. The molecule has 1 aliphatic rings. The summed E-state index contributed by atoms with van der Waals surface area (Å²) in [6.07, 6.45) is 5.20. The van der Waals surface area contributed by atoms with Crippen LogP contribution in [-0.4, -0.2) is 21.1 Å². The topological polar surface area (TPSA) is 52.0 Å². The van der Waals surface area contributed by atoms with Crippen molar-refractivity contribution in [1.29, 1.82) is 0 Å². The van der Waals surface area contributed by atoms with Gasteiger partial charge in [-0.3, -0.25) is 14.2 Å². The molecule has 8 heteroatoms. The van der Waals surface area contributed by atoms with E-state index in [9.17, 15) is 9.59 Å². The van der Waals surface area contributed by atoms with Crippen molar-refractivity contribution in [1.82, 2.24) is 9.55 Å². The van der Waals surface area contributed by atoms with E-state index in [-0.39, 0.29) is 23.1 Å². The van der Waals surface area contributed by atoms with Crippen LogP contribution in [0.15, 0.2) is 25.9 Å². The van der Waals surface area contributed by atoms with Crippen molar-refractivity contribution in [3.05, 3.63) is 41.6 Å². The van der Waals surface area contributed by atoms with E-state index in [4.69, 9.17) is 4.98 Å². The molecule has 0 fully saturated rings. The van der Waals surface area contributed by atoms with Gasteiger partial charge in [0.1, 0.15) is 4.83 Å². The lowest BCUT2D eigenvalue weighted by Crippen LogP contribution is -2.26. The zero-order chi connectivity index (χ0) is 19.8. The highest BCUT2D eigenvalue weighted by atomic mass is 79.9. The normalized spacial score (nSPS) is 15.0. The molecule has 1 atom stereocenters. The fourth-order valence-electron chi connectivity index (χ4n) is 3.54. The number of hydrogen-bond acceptors (Lipinski definition) is 6. The van der Waals surface area contributed by atoms with Crippen LogP contribution in [0, 0.1) is 0 Å². The molecule has 4 rings (SSSR count). The van der Waals surface area contributed by atoms with Gasteiger partial charge < -0.3 is 0 Å². The molecule has 0 radical (unpaired) electrons. The second-order valence-electron chi connectivity index (χ2n) is 7.03. The van der Waals surface area contributed by atoms with Gasteiger partial charge in [0.15, 0.2) is 10.9 Å². The summed E-state index contributed by atoms with van der Waals surface area (Å²) in [5, 5.41) is 1.48. The second-order valence-corrected chi connectivity index (χ2v) is 11.5. The molecule has 4 nitrogen and oxygen atoms in total. The third-order valence-electron chi connectivity index (χ3n) is 5.20. The summed E-state index contributed by atoms with van der Waals surface area (Å²) in [4.78, 5) is 33.7. The molecule has 0 saturated heterocycles. The van der Waals surface area contributed by atoms with Gasteiger partial charge >= 0.3 is 0 Å². The van der Waals surface area contributed by atoms with Crippen molar-refractivity contribution < 1.29 is 4.79 Å². The quantitative estimate of drug-likeness (QED) is 0.234. The monoisotopic (exact) mass is 496 g/mol. The first kappa shape index (κ1) is 20.3. The number of ketones is 1. The number of thiophene rings is 2. The third-order valence-corrected chi connectivity index (χ3v) is 9.00. The van der Waals surface area contributed by atoms with Crippen LogP contribution in [0.5, 0.6) is 0 Å².